The molecule has 1 atom stereocenters. The number of aryl methyl sites for hydroxylation is 2. The third-order valence-corrected chi connectivity index (χ3v) is 3.64. The van der Waals surface area contributed by atoms with Crippen molar-refractivity contribution in [2.75, 3.05) is 32.7 Å². The third kappa shape index (κ3) is 2.55. The summed E-state index contributed by atoms with van der Waals surface area (Å²) in [5.41, 5.74) is 1.90. The highest BCUT2D eigenvalue weighted by molar-refractivity contribution is 5.22. The quantitative estimate of drug-likeness (QED) is 0.872. The average Bonchev–Trinajstić information content (AvgIpc) is 2.70. The van der Waals surface area contributed by atoms with Crippen LogP contribution in [0.25, 0.3) is 0 Å². The van der Waals surface area contributed by atoms with Crippen molar-refractivity contribution in [1.29, 1.82) is 5.26 Å². The van der Waals surface area contributed by atoms with Gasteiger partial charge in [0, 0.05) is 31.9 Å². The maximum absolute atomic E-state index is 9.43. The summed E-state index contributed by atoms with van der Waals surface area (Å²) in [5.74, 6) is 0.884. The molecular formula is C13H21N5. The smallest absolute Gasteiger partial charge is 0.142 e. The van der Waals surface area contributed by atoms with Crippen LogP contribution in [0, 0.1) is 25.2 Å². The lowest BCUT2D eigenvalue weighted by Gasteiger charge is -2.36. The number of hydrogen-bond acceptors (Lipinski definition) is 4. The Kier molecular flexibility index (Phi) is 4.00. The fourth-order valence-corrected chi connectivity index (χ4v) is 2.55. The van der Waals surface area contributed by atoms with Crippen LogP contribution in [-0.2, 0) is 0 Å². The van der Waals surface area contributed by atoms with E-state index in [1.807, 2.05) is 13.8 Å². The summed E-state index contributed by atoms with van der Waals surface area (Å²) in [5, 5.41) is 9.43. The van der Waals surface area contributed by atoms with Crippen molar-refractivity contribution in [2.45, 2.75) is 26.8 Å². The number of imidazole rings is 1. The first kappa shape index (κ1) is 13.1. The minimum Gasteiger partial charge on any atom is -0.346 e. The lowest BCUT2D eigenvalue weighted by Crippen LogP contribution is -2.47. The molecule has 0 amide bonds. The van der Waals surface area contributed by atoms with Gasteiger partial charge in [-0.1, -0.05) is 6.92 Å². The number of piperazine rings is 1. The number of nitrogens with zero attached hydrogens (tertiary/aromatic N) is 4. The molecule has 1 aliphatic heterocycles. The van der Waals surface area contributed by atoms with Crippen LogP contribution in [-0.4, -0.2) is 52.5 Å². The molecule has 5 heteroatoms. The second-order valence-electron chi connectivity index (χ2n) is 4.83. The standard InChI is InChI=1S/C13H21N5/c1-4-17-5-7-18(8-6-17)12(9-14)13-10(2)15-11(3)16-13/h12H,4-8H2,1-3H3,(H,15,16). The van der Waals surface area contributed by atoms with E-state index in [1.54, 1.807) is 0 Å². The highest BCUT2D eigenvalue weighted by atomic mass is 15.3. The Labute approximate surface area is 108 Å². The van der Waals surface area contributed by atoms with Crippen LogP contribution in [0.2, 0.25) is 0 Å². The topological polar surface area (TPSA) is 58.9 Å². The zero-order valence-corrected chi connectivity index (χ0v) is 11.4. The molecular weight excluding hydrogens is 226 g/mol. The van der Waals surface area contributed by atoms with Crippen LogP contribution in [0.1, 0.15) is 30.2 Å². The van der Waals surface area contributed by atoms with E-state index in [1.165, 1.54) is 0 Å². The van der Waals surface area contributed by atoms with Gasteiger partial charge >= 0.3 is 0 Å². The Balaban J connectivity index is 2.11. The van der Waals surface area contributed by atoms with E-state index in [0.717, 1.165) is 49.9 Å². The Bertz CT molecular complexity index is 437. The van der Waals surface area contributed by atoms with Gasteiger partial charge < -0.3 is 9.88 Å². The van der Waals surface area contributed by atoms with Crippen LogP contribution < -0.4 is 0 Å². The van der Waals surface area contributed by atoms with Gasteiger partial charge in [0.2, 0.25) is 0 Å². The number of aromatic nitrogens is 2. The molecule has 2 rings (SSSR count). The molecule has 5 nitrogen and oxygen atoms in total. The number of aromatic amines is 1. The van der Waals surface area contributed by atoms with Crippen molar-refractivity contribution in [1.82, 2.24) is 19.8 Å². The average molecular weight is 247 g/mol. The zero-order chi connectivity index (χ0) is 13.1. The molecule has 0 spiro atoms. The highest BCUT2D eigenvalue weighted by Gasteiger charge is 2.27. The highest BCUT2D eigenvalue weighted by Crippen LogP contribution is 2.22. The predicted molar refractivity (Wildman–Crippen MR) is 70.1 cm³/mol. The summed E-state index contributed by atoms with van der Waals surface area (Å²) in [7, 11) is 0. The first-order valence-electron chi connectivity index (χ1n) is 6.54. The van der Waals surface area contributed by atoms with Crippen molar-refractivity contribution < 1.29 is 0 Å². The third-order valence-electron chi connectivity index (χ3n) is 3.64. The van der Waals surface area contributed by atoms with Crippen LogP contribution in [0.15, 0.2) is 0 Å². The van der Waals surface area contributed by atoms with Crippen LogP contribution in [0.4, 0.5) is 0 Å². The number of hydrogen-bond donors (Lipinski definition) is 1. The maximum atomic E-state index is 9.43. The predicted octanol–water partition coefficient (Wildman–Crippen LogP) is 1.23. The monoisotopic (exact) mass is 247 g/mol. The summed E-state index contributed by atoms with van der Waals surface area (Å²) in [6.07, 6.45) is 0. The Morgan fingerprint density at radius 2 is 2.00 bits per heavy atom. The summed E-state index contributed by atoms with van der Waals surface area (Å²) in [4.78, 5) is 12.3. The molecule has 0 radical (unpaired) electrons. The molecule has 1 N–H and O–H groups in total. The van der Waals surface area contributed by atoms with Gasteiger partial charge in [0.15, 0.2) is 0 Å². The molecule has 0 bridgehead atoms. The molecule has 1 saturated heterocycles. The van der Waals surface area contributed by atoms with Gasteiger partial charge in [-0.2, -0.15) is 5.26 Å². The van der Waals surface area contributed by atoms with E-state index in [4.69, 9.17) is 0 Å². The van der Waals surface area contributed by atoms with E-state index in [0.29, 0.717) is 0 Å². The van der Waals surface area contributed by atoms with E-state index in [2.05, 4.69) is 32.8 Å². The fraction of sp³-hybridized carbons (Fsp3) is 0.692. The number of H-pyrrole nitrogens is 1. The number of rotatable bonds is 3. The molecule has 0 aliphatic carbocycles. The van der Waals surface area contributed by atoms with E-state index in [-0.39, 0.29) is 6.04 Å². The number of likely N-dealkylation sites (N-methyl/N-ethyl adjacent to an activating group) is 1. The van der Waals surface area contributed by atoms with Gasteiger partial charge in [0.05, 0.1) is 11.8 Å². The first-order valence-corrected chi connectivity index (χ1v) is 6.54. The van der Waals surface area contributed by atoms with Crippen molar-refractivity contribution in [3.05, 3.63) is 17.2 Å². The Morgan fingerprint density at radius 1 is 1.33 bits per heavy atom. The molecule has 1 aromatic heterocycles. The van der Waals surface area contributed by atoms with Crippen LogP contribution >= 0.6 is 0 Å². The van der Waals surface area contributed by atoms with Crippen molar-refractivity contribution in [3.63, 3.8) is 0 Å². The van der Waals surface area contributed by atoms with Crippen LogP contribution in [0.5, 0.6) is 0 Å². The summed E-state index contributed by atoms with van der Waals surface area (Å²) >= 11 is 0. The Morgan fingerprint density at radius 3 is 2.44 bits per heavy atom. The van der Waals surface area contributed by atoms with E-state index < -0.39 is 0 Å². The van der Waals surface area contributed by atoms with E-state index >= 15 is 0 Å². The van der Waals surface area contributed by atoms with Gasteiger partial charge in [-0.25, -0.2) is 4.98 Å². The number of nitriles is 1. The summed E-state index contributed by atoms with van der Waals surface area (Å²) in [6.45, 7) is 11.1. The lowest BCUT2D eigenvalue weighted by atomic mass is 10.1. The molecule has 0 aromatic carbocycles. The van der Waals surface area contributed by atoms with Gasteiger partial charge in [-0.15, -0.1) is 0 Å². The minimum absolute atomic E-state index is 0.214. The maximum Gasteiger partial charge on any atom is 0.142 e. The lowest BCUT2D eigenvalue weighted by molar-refractivity contribution is 0.117. The number of nitrogens with one attached hydrogen (secondary N) is 1. The van der Waals surface area contributed by atoms with Gasteiger partial charge in [0.25, 0.3) is 0 Å². The summed E-state index contributed by atoms with van der Waals surface area (Å²) in [6, 6.07) is 2.19. The van der Waals surface area contributed by atoms with E-state index in [9.17, 15) is 5.26 Å². The Hall–Kier alpha value is -1.38. The van der Waals surface area contributed by atoms with Crippen molar-refractivity contribution in [3.8, 4) is 6.07 Å². The molecule has 18 heavy (non-hydrogen) atoms. The summed E-state index contributed by atoms with van der Waals surface area (Å²) < 4.78 is 0. The van der Waals surface area contributed by atoms with Crippen LogP contribution in [0.3, 0.4) is 0 Å². The minimum atomic E-state index is -0.214. The van der Waals surface area contributed by atoms with Gasteiger partial charge in [-0.3, -0.25) is 4.90 Å². The molecule has 1 aliphatic rings. The second-order valence-corrected chi connectivity index (χ2v) is 4.83. The molecule has 0 saturated carbocycles. The van der Waals surface area contributed by atoms with Gasteiger partial charge in [0.1, 0.15) is 11.9 Å². The fourth-order valence-electron chi connectivity index (χ4n) is 2.55. The molecule has 1 aromatic rings. The molecule has 1 fully saturated rings. The normalized spacial score (nSPS) is 19.7. The SMILES string of the molecule is CCN1CCN(C(C#N)c2nc(C)[nH]c2C)CC1. The largest absolute Gasteiger partial charge is 0.346 e. The zero-order valence-electron chi connectivity index (χ0n) is 11.4. The molecule has 2 heterocycles. The molecule has 98 valence electrons. The van der Waals surface area contributed by atoms with Crippen molar-refractivity contribution >= 4 is 0 Å². The second kappa shape index (κ2) is 5.51. The van der Waals surface area contributed by atoms with Crippen molar-refractivity contribution in [2.24, 2.45) is 0 Å². The first-order chi connectivity index (χ1) is 8.65. The van der Waals surface area contributed by atoms with Gasteiger partial charge in [-0.05, 0) is 20.4 Å². The molecule has 1 unspecified atom stereocenters.